The maximum absolute atomic E-state index is 10.2. The van der Waals surface area contributed by atoms with E-state index in [9.17, 15) is 20.0 Å². The fourth-order valence-electron chi connectivity index (χ4n) is 1.37. The Morgan fingerprint density at radius 1 is 1.46 bits per heavy atom. The summed E-state index contributed by atoms with van der Waals surface area (Å²) in [6.07, 6.45) is -0.268. The molecule has 13 heavy (non-hydrogen) atoms. The van der Waals surface area contributed by atoms with Crippen molar-refractivity contribution < 1.29 is 10.2 Å². The minimum absolute atomic E-state index is 0.105. The van der Waals surface area contributed by atoms with Gasteiger partial charge in [0.05, 0.1) is 5.70 Å². The van der Waals surface area contributed by atoms with Gasteiger partial charge in [-0.1, -0.05) is 5.18 Å². The molecule has 0 fully saturated rings. The molecule has 0 saturated heterocycles. The highest BCUT2D eigenvalue weighted by atomic mass is 16.5. The van der Waals surface area contributed by atoms with Gasteiger partial charge in [0, 0.05) is 12.8 Å². The molecular weight excluding hydrogens is 176 g/mol. The second-order valence-corrected chi connectivity index (χ2v) is 3.20. The van der Waals surface area contributed by atoms with Crippen molar-refractivity contribution in [1.82, 2.24) is 0 Å². The zero-order valence-corrected chi connectivity index (χ0v) is 7.10. The number of hydrogen-bond donors (Lipinski definition) is 2. The van der Waals surface area contributed by atoms with Gasteiger partial charge in [-0.15, -0.1) is 4.91 Å². The van der Waals surface area contributed by atoms with Gasteiger partial charge in [-0.25, -0.2) is 0 Å². The summed E-state index contributed by atoms with van der Waals surface area (Å²) in [4.78, 5) is 20.4. The van der Waals surface area contributed by atoms with Gasteiger partial charge in [0.1, 0.15) is 0 Å². The van der Waals surface area contributed by atoms with Crippen molar-refractivity contribution in [3.8, 4) is 0 Å². The average molecular weight is 186 g/mol. The molecule has 0 radical (unpaired) electrons. The van der Waals surface area contributed by atoms with E-state index in [2.05, 4.69) is 10.4 Å². The van der Waals surface area contributed by atoms with Gasteiger partial charge in [0.25, 0.3) is 0 Å². The second-order valence-electron chi connectivity index (χ2n) is 3.20. The highest BCUT2D eigenvalue weighted by Gasteiger charge is 2.41. The van der Waals surface area contributed by atoms with Crippen LogP contribution in [0.5, 0.6) is 0 Å². The lowest BCUT2D eigenvalue weighted by Crippen LogP contribution is -2.43. The quantitative estimate of drug-likeness (QED) is 0.488. The molecule has 6 heteroatoms. The number of nitrogens with zero attached hydrogens (tertiary/aromatic N) is 2. The Kier molecular flexibility index (Phi) is 2.53. The average Bonchev–Trinajstić information content (AvgIpc) is 2.03. The highest BCUT2D eigenvalue weighted by Crippen LogP contribution is 2.33. The maximum atomic E-state index is 10.2. The van der Waals surface area contributed by atoms with Crippen LogP contribution in [0.4, 0.5) is 0 Å². The zero-order valence-electron chi connectivity index (χ0n) is 7.10. The molecule has 6 nitrogen and oxygen atoms in total. The lowest BCUT2D eigenvalue weighted by atomic mass is 9.88. The first-order chi connectivity index (χ1) is 6.01. The van der Waals surface area contributed by atoms with Crippen LogP contribution in [0.15, 0.2) is 21.6 Å². The van der Waals surface area contributed by atoms with Gasteiger partial charge in [-0.2, -0.15) is 4.91 Å². The summed E-state index contributed by atoms with van der Waals surface area (Å²) >= 11 is 0. The zero-order chi connectivity index (χ0) is 10.1. The van der Waals surface area contributed by atoms with Crippen LogP contribution >= 0.6 is 0 Å². The van der Waals surface area contributed by atoms with Gasteiger partial charge in [0.2, 0.25) is 0 Å². The topological polar surface area (TPSA) is 99.3 Å². The van der Waals surface area contributed by atoms with E-state index in [0.717, 1.165) is 0 Å². The third kappa shape index (κ3) is 1.78. The molecular formula is C7H10N2O4. The van der Waals surface area contributed by atoms with Crippen molar-refractivity contribution in [3.63, 3.8) is 0 Å². The highest BCUT2D eigenvalue weighted by molar-refractivity contribution is 5.20. The fourth-order valence-corrected chi connectivity index (χ4v) is 1.37. The monoisotopic (exact) mass is 186 g/mol. The Bertz CT molecular complexity index is 272. The van der Waals surface area contributed by atoms with Crippen LogP contribution in [-0.2, 0) is 0 Å². The van der Waals surface area contributed by atoms with Crippen LogP contribution in [0.1, 0.15) is 19.8 Å². The molecule has 0 aromatic rings. The summed E-state index contributed by atoms with van der Waals surface area (Å²) < 4.78 is 0. The van der Waals surface area contributed by atoms with Gasteiger partial charge in [0.15, 0.2) is 11.8 Å². The van der Waals surface area contributed by atoms with E-state index in [1.807, 2.05) is 0 Å². The van der Waals surface area contributed by atoms with Gasteiger partial charge >= 0.3 is 0 Å². The van der Waals surface area contributed by atoms with Crippen LogP contribution < -0.4 is 0 Å². The van der Waals surface area contributed by atoms with Gasteiger partial charge in [-0.05, 0) is 17.7 Å². The molecule has 1 unspecified atom stereocenters. The maximum Gasteiger partial charge on any atom is 0.193 e. The van der Waals surface area contributed by atoms with Crippen molar-refractivity contribution in [2.24, 2.45) is 10.4 Å². The molecule has 72 valence electrons. The lowest BCUT2D eigenvalue weighted by Gasteiger charge is -2.30. The minimum Gasteiger partial charge on any atom is -0.364 e. The first-order valence-corrected chi connectivity index (χ1v) is 3.80. The van der Waals surface area contributed by atoms with Crippen molar-refractivity contribution >= 4 is 0 Å². The second kappa shape index (κ2) is 3.31. The van der Waals surface area contributed by atoms with Crippen LogP contribution in [0.3, 0.4) is 0 Å². The third-order valence-electron chi connectivity index (χ3n) is 2.18. The third-order valence-corrected chi connectivity index (χ3v) is 2.18. The van der Waals surface area contributed by atoms with E-state index in [1.165, 1.54) is 0 Å². The Labute approximate surface area is 74.2 Å². The first-order valence-electron chi connectivity index (χ1n) is 3.80. The first kappa shape index (κ1) is 9.94. The minimum atomic E-state index is -2.14. The predicted molar refractivity (Wildman–Crippen MR) is 44.5 cm³/mol. The fraction of sp³-hybridized carbons (Fsp3) is 0.714. The summed E-state index contributed by atoms with van der Waals surface area (Å²) in [6, 6.07) is -1.20. The van der Waals surface area contributed by atoms with Crippen LogP contribution in [0.25, 0.3) is 0 Å². The largest absolute Gasteiger partial charge is 0.364 e. The Hall–Kier alpha value is -1.14. The number of nitroso groups, excluding NO2 is 2. The summed E-state index contributed by atoms with van der Waals surface area (Å²) in [7, 11) is 0. The Balaban J connectivity index is 2.97. The van der Waals surface area contributed by atoms with Crippen molar-refractivity contribution in [3.05, 3.63) is 21.1 Å². The standard InChI is InChI=1S/C7H10N2O4/c1-4-3-7(10,11)6(9-13)2-5(4)8-12/h6,10-11H,2-3H2,1H3. The van der Waals surface area contributed by atoms with Crippen molar-refractivity contribution in [2.45, 2.75) is 31.6 Å². The van der Waals surface area contributed by atoms with Crippen molar-refractivity contribution in [1.29, 1.82) is 0 Å². The lowest BCUT2D eigenvalue weighted by molar-refractivity contribution is -0.177. The van der Waals surface area contributed by atoms with E-state index in [1.54, 1.807) is 6.92 Å². The molecule has 0 amide bonds. The Morgan fingerprint density at radius 3 is 2.54 bits per heavy atom. The molecule has 1 aliphatic rings. The molecule has 0 aromatic carbocycles. The van der Waals surface area contributed by atoms with Crippen LogP contribution in [0.2, 0.25) is 0 Å². The molecule has 0 aliphatic heterocycles. The van der Waals surface area contributed by atoms with Crippen LogP contribution in [-0.4, -0.2) is 22.0 Å². The molecule has 0 bridgehead atoms. The molecule has 0 saturated carbocycles. The smallest absolute Gasteiger partial charge is 0.193 e. The van der Waals surface area contributed by atoms with E-state index < -0.39 is 11.8 Å². The van der Waals surface area contributed by atoms with E-state index in [4.69, 9.17) is 0 Å². The summed E-state index contributed by atoms with van der Waals surface area (Å²) in [5.74, 6) is -2.14. The normalized spacial score (nSPS) is 27.2. The molecule has 1 atom stereocenters. The van der Waals surface area contributed by atoms with Gasteiger partial charge < -0.3 is 10.2 Å². The molecule has 0 heterocycles. The summed E-state index contributed by atoms with van der Waals surface area (Å²) in [6.45, 7) is 1.57. The summed E-state index contributed by atoms with van der Waals surface area (Å²) in [5.41, 5.74) is 0.670. The molecule has 0 aromatic heterocycles. The number of hydrogen-bond acceptors (Lipinski definition) is 6. The molecule has 1 rings (SSSR count). The SMILES string of the molecule is CC1=C(N=O)CC(N=O)C(O)(O)C1. The van der Waals surface area contributed by atoms with Crippen LogP contribution in [0, 0.1) is 9.81 Å². The van der Waals surface area contributed by atoms with E-state index in [-0.39, 0.29) is 18.5 Å². The molecule has 1 aliphatic carbocycles. The Morgan fingerprint density at radius 2 is 2.08 bits per heavy atom. The summed E-state index contributed by atoms with van der Waals surface area (Å²) in [5, 5.41) is 23.9. The molecule has 2 N–H and O–H groups in total. The van der Waals surface area contributed by atoms with E-state index >= 15 is 0 Å². The molecule has 0 spiro atoms. The predicted octanol–water partition coefficient (Wildman–Crippen LogP) is 0.637. The van der Waals surface area contributed by atoms with E-state index in [0.29, 0.717) is 5.57 Å². The van der Waals surface area contributed by atoms with Gasteiger partial charge in [-0.3, -0.25) is 0 Å². The number of aliphatic hydroxyl groups is 2. The van der Waals surface area contributed by atoms with Crippen molar-refractivity contribution in [2.75, 3.05) is 0 Å². The number of rotatable bonds is 2.